The third-order valence-electron chi connectivity index (χ3n) is 7.60. The average molecular weight is 817 g/mol. The van der Waals surface area contributed by atoms with E-state index in [4.69, 9.17) is 29.1 Å². The molecule has 0 unspecified atom stereocenters. The van der Waals surface area contributed by atoms with E-state index in [1.165, 1.54) is 24.3 Å². The number of guanidine groups is 1. The zero-order valence-corrected chi connectivity index (χ0v) is 36.4. The van der Waals surface area contributed by atoms with Gasteiger partial charge in [0.15, 0.2) is 0 Å². The summed E-state index contributed by atoms with van der Waals surface area (Å²) in [5.74, 6) is -1.08. The molecule has 0 bridgehead atoms. The summed E-state index contributed by atoms with van der Waals surface area (Å²) in [7, 11) is 0. The Morgan fingerprint density at radius 2 is 1.17 bits per heavy atom. The van der Waals surface area contributed by atoms with Crippen LogP contribution in [0.15, 0.2) is 72.8 Å². The maximum Gasteiger partial charge on any atom is 0.421 e. The van der Waals surface area contributed by atoms with Gasteiger partial charge in [-0.15, -0.1) is 0 Å². The van der Waals surface area contributed by atoms with Crippen LogP contribution in [0.25, 0.3) is 0 Å². The molecule has 0 radical (unpaired) electrons. The number of aryl methyl sites for hydroxylation is 1. The molecule has 59 heavy (non-hydrogen) atoms. The van der Waals surface area contributed by atoms with E-state index < -0.39 is 52.9 Å². The average Bonchev–Trinajstić information content (AvgIpc) is 3.07. The highest BCUT2D eigenvalue weighted by atomic mass is 16.6. The number of esters is 2. The molecular formula is C45H60N4O10. The predicted octanol–water partition coefficient (Wildman–Crippen LogP) is 8.68. The molecule has 320 valence electrons. The zero-order valence-electron chi connectivity index (χ0n) is 36.4. The summed E-state index contributed by atoms with van der Waals surface area (Å²) >= 11 is 0. The number of hydrogen-bond acceptors (Lipinski definition) is 11. The van der Waals surface area contributed by atoms with Crippen molar-refractivity contribution < 1.29 is 47.7 Å². The molecule has 0 aliphatic rings. The van der Waals surface area contributed by atoms with Crippen molar-refractivity contribution >= 4 is 41.7 Å². The molecule has 1 atom stereocenters. The predicted molar refractivity (Wildman–Crippen MR) is 225 cm³/mol. The molecule has 3 rings (SSSR count). The van der Waals surface area contributed by atoms with E-state index in [-0.39, 0.29) is 41.4 Å². The number of alkyl carbamates (subject to hydrolysis) is 1. The SMILES string of the molecule is CC(C)(C)OC(=O)NC(=N)N(C(=O)OC(C)(C)C)c1ccc(C(=O)Oc2ccc(CCCC(=O)N[C@@H](Cc3ccc(OC(C)(C)C)cc3)C(=O)OC(C)(C)C)cc2)cc1. The first-order valence-corrected chi connectivity index (χ1v) is 19.5. The van der Waals surface area contributed by atoms with Crippen molar-refractivity contribution in [2.75, 3.05) is 4.90 Å². The highest BCUT2D eigenvalue weighted by molar-refractivity contribution is 6.16. The normalized spacial score (nSPS) is 12.3. The molecule has 3 amide bonds. The van der Waals surface area contributed by atoms with Crippen molar-refractivity contribution in [3.8, 4) is 11.5 Å². The lowest BCUT2D eigenvalue weighted by molar-refractivity contribution is -0.158. The Hall–Kier alpha value is -5.92. The largest absolute Gasteiger partial charge is 0.488 e. The molecule has 0 fully saturated rings. The summed E-state index contributed by atoms with van der Waals surface area (Å²) in [6, 6.07) is 19.1. The third-order valence-corrected chi connectivity index (χ3v) is 7.60. The fourth-order valence-electron chi connectivity index (χ4n) is 5.29. The van der Waals surface area contributed by atoms with Crippen LogP contribution in [-0.2, 0) is 36.6 Å². The Bertz CT molecular complexity index is 1930. The van der Waals surface area contributed by atoms with E-state index in [9.17, 15) is 24.0 Å². The number of anilines is 1. The molecule has 0 heterocycles. The Kier molecular flexibility index (Phi) is 15.8. The number of hydrogen-bond donors (Lipinski definition) is 3. The number of carbonyl (C=O) groups excluding carboxylic acids is 5. The maximum absolute atomic E-state index is 13.1. The van der Waals surface area contributed by atoms with Gasteiger partial charge in [-0.25, -0.2) is 24.1 Å². The smallest absolute Gasteiger partial charge is 0.421 e. The van der Waals surface area contributed by atoms with Crippen molar-refractivity contribution in [2.24, 2.45) is 0 Å². The summed E-state index contributed by atoms with van der Waals surface area (Å²) in [5.41, 5.74) is -0.756. The minimum Gasteiger partial charge on any atom is -0.488 e. The second-order valence-corrected chi connectivity index (χ2v) is 17.9. The standard InChI is InChI=1S/C45H60N4O10/c1-42(2,3)56-34-26-18-30(19-27-34)28-35(38(52)57-43(4,5)6)47-36(50)15-13-14-29-16-24-33(25-17-29)55-37(51)31-20-22-32(23-21-31)49(41(54)59-45(10,11)12)39(46)48-40(53)58-44(7,8)9/h16-27,35H,13-15,28H2,1-12H3,(H,47,50)(H2,46,48,53)/t35-/m0/s1. The van der Waals surface area contributed by atoms with Gasteiger partial charge in [0.1, 0.15) is 39.9 Å². The topological polar surface area (TPSA) is 183 Å². The number of nitrogens with zero attached hydrogens (tertiary/aromatic N) is 1. The number of benzene rings is 3. The number of carbonyl (C=O) groups is 5. The highest BCUT2D eigenvalue weighted by Gasteiger charge is 2.30. The van der Waals surface area contributed by atoms with Crippen LogP contribution >= 0.6 is 0 Å². The van der Waals surface area contributed by atoms with Crippen molar-refractivity contribution in [1.29, 1.82) is 5.41 Å². The van der Waals surface area contributed by atoms with Gasteiger partial charge >= 0.3 is 24.1 Å². The fraction of sp³-hybridized carbons (Fsp3) is 0.467. The fourth-order valence-corrected chi connectivity index (χ4v) is 5.29. The van der Waals surface area contributed by atoms with Gasteiger partial charge in [-0.1, -0.05) is 24.3 Å². The van der Waals surface area contributed by atoms with E-state index >= 15 is 0 Å². The molecule has 0 saturated carbocycles. The summed E-state index contributed by atoms with van der Waals surface area (Å²) < 4.78 is 27.7. The molecular weight excluding hydrogens is 757 g/mol. The lowest BCUT2D eigenvalue weighted by Crippen LogP contribution is -2.49. The minimum absolute atomic E-state index is 0.146. The number of nitrogens with one attached hydrogen (secondary N) is 3. The van der Waals surface area contributed by atoms with Crippen LogP contribution in [-0.4, -0.2) is 64.4 Å². The molecule has 0 aliphatic carbocycles. The molecule has 3 aromatic rings. The number of amides is 3. The minimum atomic E-state index is -0.933. The first-order valence-electron chi connectivity index (χ1n) is 19.5. The van der Waals surface area contributed by atoms with E-state index in [1.807, 2.05) is 45.0 Å². The van der Waals surface area contributed by atoms with Gasteiger partial charge in [-0.2, -0.15) is 0 Å². The van der Waals surface area contributed by atoms with Crippen LogP contribution in [0.5, 0.6) is 11.5 Å². The molecule has 0 aromatic heterocycles. The highest BCUT2D eigenvalue weighted by Crippen LogP contribution is 2.23. The van der Waals surface area contributed by atoms with Crippen LogP contribution in [0, 0.1) is 5.41 Å². The first kappa shape index (κ1) is 47.5. The van der Waals surface area contributed by atoms with Crippen molar-refractivity contribution in [3.05, 3.63) is 89.5 Å². The van der Waals surface area contributed by atoms with Crippen LogP contribution in [0.2, 0.25) is 0 Å². The monoisotopic (exact) mass is 816 g/mol. The van der Waals surface area contributed by atoms with Gasteiger partial charge < -0.3 is 29.0 Å². The first-order chi connectivity index (χ1) is 27.2. The van der Waals surface area contributed by atoms with Gasteiger partial charge in [0.2, 0.25) is 11.9 Å². The molecule has 14 heteroatoms. The van der Waals surface area contributed by atoms with Gasteiger partial charge in [-0.3, -0.25) is 15.5 Å². The summed E-state index contributed by atoms with van der Waals surface area (Å²) in [6.07, 6.45) is -0.374. The summed E-state index contributed by atoms with van der Waals surface area (Å²) in [6.45, 7) is 21.2. The van der Waals surface area contributed by atoms with Crippen molar-refractivity contribution in [3.63, 3.8) is 0 Å². The van der Waals surface area contributed by atoms with Crippen molar-refractivity contribution in [2.45, 2.75) is 137 Å². The molecule has 0 aliphatic heterocycles. The quantitative estimate of drug-likeness (QED) is 0.0526. The van der Waals surface area contributed by atoms with Crippen LogP contribution in [0.4, 0.5) is 15.3 Å². The van der Waals surface area contributed by atoms with Gasteiger partial charge in [0.25, 0.3) is 0 Å². The lowest BCUT2D eigenvalue weighted by Gasteiger charge is -2.28. The Morgan fingerprint density at radius 3 is 1.69 bits per heavy atom. The molecule has 3 aromatic carbocycles. The second-order valence-electron chi connectivity index (χ2n) is 17.9. The summed E-state index contributed by atoms with van der Waals surface area (Å²) in [4.78, 5) is 65.5. The Morgan fingerprint density at radius 1 is 0.644 bits per heavy atom. The molecule has 0 spiro atoms. The maximum atomic E-state index is 13.1. The van der Waals surface area contributed by atoms with Crippen LogP contribution in [0.3, 0.4) is 0 Å². The van der Waals surface area contributed by atoms with E-state index in [0.717, 1.165) is 16.0 Å². The van der Waals surface area contributed by atoms with E-state index in [2.05, 4.69) is 10.6 Å². The van der Waals surface area contributed by atoms with E-state index in [0.29, 0.717) is 18.6 Å². The number of rotatable bonds is 12. The zero-order chi connectivity index (χ0) is 44.3. The van der Waals surface area contributed by atoms with Gasteiger partial charge in [0.05, 0.1) is 11.3 Å². The summed E-state index contributed by atoms with van der Waals surface area (Å²) in [5, 5.41) is 13.5. The second kappa shape index (κ2) is 19.7. The van der Waals surface area contributed by atoms with Crippen LogP contribution in [0.1, 0.15) is 117 Å². The lowest BCUT2D eigenvalue weighted by atomic mass is 10.0. The van der Waals surface area contributed by atoms with Crippen molar-refractivity contribution in [1.82, 2.24) is 10.6 Å². The van der Waals surface area contributed by atoms with Gasteiger partial charge in [0, 0.05) is 12.8 Å². The molecule has 0 saturated heterocycles. The molecule has 14 nitrogen and oxygen atoms in total. The van der Waals surface area contributed by atoms with E-state index in [1.54, 1.807) is 86.6 Å². The number of ether oxygens (including phenoxy) is 5. The Balaban J connectivity index is 1.59. The third kappa shape index (κ3) is 17.6. The Labute approximate surface area is 347 Å². The van der Waals surface area contributed by atoms with Gasteiger partial charge in [-0.05, 0) is 156 Å². The molecule has 3 N–H and O–H groups in total. The van der Waals surface area contributed by atoms with Crippen LogP contribution < -0.4 is 25.0 Å².